The van der Waals surface area contributed by atoms with Gasteiger partial charge >= 0.3 is 0 Å². The summed E-state index contributed by atoms with van der Waals surface area (Å²) in [5.41, 5.74) is 1.26. The summed E-state index contributed by atoms with van der Waals surface area (Å²) >= 11 is 0. The Labute approximate surface area is 147 Å². The van der Waals surface area contributed by atoms with Gasteiger partial charge in [0.1, 0.15) is 5.75 Å². The summed E-state index contributed by atoms with van der Waals surface area (Å²) in [5.74, 6) is 1.67. The predicted octanol–water partition coefficient (Wildman–Crippen LogP) is 3.00. The number of benzene rings is 1. The molecule has 136 valence electrons. The third kappa shape index (κ3) is 6.08. The zero-order chi connectivity index (χ0) is 17.4. The molecule has 1 aromatic rings. The van der Waals surface area contributed by atoms with E-state index < -0.39 is 0 Å². The van der Waals surface area contributed by atoms with Crippen LogP contribution in [-0.2, 0) is 6.54 Å². The zero-order valence-electron chi connectivity index (χ0n) is 15.6. The van der Waals surface area contributed by atoms with Crippen LogP contribution < -0.4 is 4.74 Å². The van der Waals surface area contributed by atoms with Crippen LogP contribution in [0, 0.1) is 5.92 Å². The van der Waals surface area contributed by atoms with Gasteiger partial charge in [0.2, 0.25) is 0 Å². The highest BCUT2D eigenvalue weighted by Crippen LogP contribution is 2.21. The lowest BCUT2D eigenvalue weighted by atomic mass is 9.95. The number of likely N-dealkylation sites (tertiary alicyclic amines) is 1. The van der Waals surface area contributed by atoms with E-state index in [4.69, 9.17) is 4.74 Å². The summed E-state index contributed by atoms with van der Waals surface area (Å²) in [6.45, 7) is 12.6. The molecule has 0 amide bonds. The van der Waals surface area contributed by atoms with E-state index in [0.717, 1.165) is 31.3 Å². The highest BCUT2D eigenvalue weighted by atomic mass is 16.5. The van der Waals surface area contributed by atoms with Gasteiger partial charge in [0.05, 0.1) is 13.2 Å². The van der Waals surface area contributed by atoms with Crippen molar-refractivity contribution >= 4 is 0 Å². The van der Waals surface area contributed by atoms with Gasteiger partial charge in [-0.2, -0.15) is 0 Å². The molecule has 24 heavy (non-hydrogen) atoms. The lowest BCUT2D eigenvalue weighted by Crippen LogP contribution is -2.42. The maximum Gasteiger partial charge on any atom is 0.119 e. The van der Waals surface area contributed by atoms with E-state index >= 15 is 0 Å². The molecule has 4 heteroatoms. The predicted molar refractivity (Wildman–Crippen MR) is 99.4 cm³/mol. The van der Waals surface area contributed by atoms with Crippen molar-refractivity contribution in [2.45, 2.75) is 46.2 Å². The molecule has 2 rings (SSSR count). The number of aliphatic hydroxyl groups excluding tert-OH is 1. The molecule has 0 bridgehead atoms. The van der Waals surface area contributed by atoms with E-state index in [9.17, 15) is 5.11 Å². The van der Waals surface area contributed by atoms with Crippen molar-refractivity contribution in [2.24, 2.45) is 5.92 Å². The monoisotopic (exact) mass is 334 g/mol. The average Bonchev–Trinajstić information content (AvgIpc) is 2.56. The van der Waals surface area contributed by atoms with Gasteiger partial charge in [-0.05, 0) is 70.3 Å². The van der Waals surface area contributed by atoms with Crippen LogP contribution in [0.25, 0.3) is 0 Å². The number of ether oxygens (including phenoxy) is 1. The zero-order valence-corrected chi connectivity index (χ0v) is 15.6. The van der Waals surface area contributed by atoms with Gasteiger partial charge in [-0.25, -0.2) is 0 Å². The van der Waals surface area contributed by atoms with Gasteiger partial charge in [-0.15, -0.1) is 0 Å². The number of nitrogens with zero attached hydrogens (tertiary/aromatic N) is 2. The molecule has 0 radical (unpaired) electrons. The van der Waals surface area contributed by atoms with Crippen molar-refractivity contribution in [1.29, 1.82) is 0 Å². The number of hydrogen-bond acceptors (Lipinski definition) is 4. The molecule has 1 aliphatic heterocycles. The Bertz CT molecular complexity index is 470. The quantitative estimate of drug-likeness (QED) is 0.753. The van der Waals surface area contributed by atoms with Crippen LogP contribution in [0.1, 0.15) is 39.2 Å². The third-order valence-electron chi connectivity index (χ3n) is 4.93. The van der Waals surface area contributed by atoms with Crippen molar-refractivity contribution in [3.05, 3.63) is 29.8 Å². The topological polar surface area (TPSA) is 35.9 Å². The number of aliphatic hydroxyl groups is 1. The molecule has 0 spiro atoms. The Morgan fingerprint density at radius 2 is 2.04 bits per heavy atom. The second-order valence-electron chi connectivity index (χ2n) is 7.11. The van der Waals surface area contributed by atoms with Crippen LogP contribution in [0.2, 0.25) is 0 Å². The van der Waals surface area contributed by atoms with E-state index in [1.807, 2.05) is 13.0 Å². The van der Waals surface area contributed by atoms with Gasteiger partial charge in [-0.3, -0.25) is 4.90 Å². The number of rotatable bonds is 9. The van der Waals surface area contributed by atoms with Crippen LogP contribution >= 0.6 is 0 Å². The maximum atomic E-state index is 9.42. The summed E-state index contributed by atoms with van der Waals surface area (Å²) in [4.78, 5) is 4.96. The molecule has 0 aromatic heterocycles. The largest absolute Gasteiger partial charge is 0.494 e. The van der Waals surface area contributed by atoms with E-state index in [-0.39, 0.29) is 6.61 Å². The van der Waals surface area contributed by atoms with E-state index in [0.29, 0.717) is 12.6 Å². The molecule has 1 aliphatic rings. The first-order valence-corrected chi connectivity index (χ1v) is 9.41. The molecule has 1 saturated heterocycles. The van der Waals surface area contributed by atoms with Gasteiger partial charge in [0.15, 0.2) is 0 Å². The molecule has 1 fully saturated rings. The Balaban J connectivity index is 1.89. The van der Waals surface area contributed by atoms with Crippen LogP contribution in [0.3, 0.4) is 0 Å². The van der Waals surface area contributed by atoms with Gasteiger partial charge in [0, 0.05) is 25.7 Å². The van der Waals surface area contributed by atoms with Gasteiger partial charge in [-0.1, -0.05) is 12.1 Å². The standard InChI is InChI=1S/C20H34N2O2/c1-4-24-20-7-5-6-19(14-20)16-21(12-13-23)15-18-8-10-22(11-9-18)17(2)3/h5-7,14,17-18,23H,4,8-13,15-16H2,1-3H3. The van der Waals surface area contributed by atoms with Crippen molar-refractivity contribution in [3.63, 3.8) is 0 Å². The van der Waals surface area contributed by atoms with Crippen molar-refractivity contribution in [3.8, 4) is 5.75 Å². The molecule has 1 N–H and O–H groups in total. The lowest BCUT2D eigenvalue weighted by Gasteiger charge is -2.36. The minimum Gasteiger partial charge on any atom is -0.494 e. The Morgan fingerprint density at radius 1 is 1.29 bits per heavy atom. The number of hydrogen-bond donors (Lipinski definition) is 1. The van der Waals surface area contributed by atoms with Crippen LogP contribution in [-0.4, -0.2) is 60.3 Å². The van der Waals surface area contributed by atoms with Gasteiger partial charge < -0.3 is 14.7 Å². The Morgan fingerprint density at radius 3 is 2.67 bits per heavy atom. The average molecular weight is 335 g/mol. The minimum atomic E-state index is 0.218. The summed E-state index contributed by atoms with van der Waals surface area (Å²) in [5, 5.41) is 9.42. The number of piperidine rings is 1. The first-order chi connectivity index (χ1) is 11.6. The molecular weight excluding hydrogens is 300 g/mol. The molecule has 0 aliphatic carbocycles. The summed E-state index contributed by atoms with van der Waals surface area (Å²) < 4.78 is 5.60. The van der Waals surface area contributed by atoms with Crippen LogP contribution in [0.5, 0.6) is 5.75 Å². The molecule has 1 aromatic carbocycles. The molecule has 0 unspecified atom stereocenters. The van der Waals surface area contributed by atoms with Crippen LogP contribution in [0.15, 0.2) is 24.3 Å². The molecule has 4 nitrogen and oxygen atoms in total. The smallest absolute Gasteiger partial charge is 0.119 e. The van der Waals surface area contributed by atoms with Crippen molar-refractivity contribution in [2.75, 3.05) is 39.4 Å². The highest BCUT2D eigenvalue weighted by Gasteiger charge is 2.22. The first-order valence-electron chi connectivity index (χ1n) is 9.41. The fourth-order valence-electron chi connectivity index (χ4n) is 3.55. The lowest BCUT2D eigenvalue weighted by molar-refractivity contribution is 0.109. The third-order valence-corrected chi connectivity index (χ3v) is 4.93. The molecular formula is C20H34N2O2. The Hall–Kier alpha value is -1.10. The van der Waals surface area contributed by atoms with Crippen molar-refractivity contribution in [1.82, 2.24) is 9.80 Å². The minimum absolute atomic E-state index is 0.218. The van der Waals surface area contributed by atoms with Crippen LogP contribution in [0.4, 0.5) is 0 Å². The summed E-state index contributed by atoms with van der Waals surface area (Å²) in [6.07, 6.45) is 2.53. The second-order valence-corrected chi connectivity index (χ2v) is 7.11. The Kier molecular flexibility index (Phi) is 8.03. The second kappa shape index (κ2) is 10.0. The SMILES string of the molecule is CCOc1cccc(CN(CCO)CC2CCN(C(C)C)CC2)c1. The van der Waals surface area contributed by atoms with Crippen molar-refractivity contribution < 1.29 is 9.84 Å². The molecule has 1 heterocycles. The fraction of sp³-hybridized carbons (Fsp3) is 0.700. The van der Waals surface area contributed by atoms with E-state index in [2.05, 4.69) is 41.8 Å². The van der Waals surface area contributed by atoms with Gasteiger partial charge in [0.25, 0.3) is 0 Å². The summed E-state index contributed by atoms with van der Waals surface area (Å²) in [6, 6.07) is 8.98. The maximum absolute atomic E-state index is 9.42. The fourth-order valence-corrected chi connectivity index (χ4v) is 3.55. The first kappa shape index (κ1) is 19.2. The molecule has 0 saturated carbocycles. The van der Waals surface area contributed by atoms with E-state index in [1.165, 1.54) is 31.5 Å². The highest BCUT2D eigenvalue weighted by molar-refractivity contribution is 5.28. The molecule has 0 atom stereocenters. The normalized spacial score (nSPS) is 16.9. The summed E-state index contributed by atoms with van der Waals surface area (Å²) in [7, 11) is 0. The van der Waals surface area contributed by atoms with E-state index in [1.54, 1.807) is 0 Å².